The fraction of sp³-hybridized carbons (Fsp3) is 0.0909. The molecule has 0 atom stereocenters. The van der Waals surface area contributed by atoms with Crippen molar-refractivity contribution in [1.82, 2.24) is 0 Å². The van der Waals surface area contributed by atoms with Crippen molar-refractivity contribution in [2.75, 3.05) is 0 Å². The van der Waals surface area contributed by atoms with Gasteiger partial charge in [-0.3, -0.25) is 0 Å². The summed E-state index contributed by atoms with van der Waals surface area (Å²) in [5.74, 6) is 0. The van der Waals surface area contributed by atoms with Crippen LogP contribution < -0.4 is 5.73 Å². The summed E-state index contributed by atoms with van der Waals surface area (Å²) in [5.41, 5.74) is 6.69. The molecule has 78 valence electrons. The lowest BCUT2D eigenvalue weighted by molar-refractivity contribution is 1.07. The van der Waals surface area contributed by atoms with Gasteiger partial charge in [-0.15, -0.1) is 11.3 Å². The first-order chi connectivity index (χ1) is 7.28. The smallest absolute Gasteiger partial charge is 0.0940 e. The van der Waals surface area contributed by atoms with Crippen molar-refractivity contribution < 1.29 is 0 Å². The molecular weight excluding hydrogens is 246 g/mol. The zero-order valence-corrected chi connectivity index (χ0v) is 10.3. The largest absolute Gasteiger partial charge is 0.326 e. The van der Waals surface area contributed by atoms with Crippen molar-refractivity contribution in [2.24, 2.45) is 5.73 Å². The van der Waals surface area contributed by atoms with Crippen LogP contribution in [0, 0.1) is 0 Å². The molecule has 0 amide bonds. The van der Waals surface area contributed by atoms with Crippen molar-refractivity contribution in [3.63, 3.8) is 0 Å². The lowest BCUT2D eigenvalue weighted by Gasteiger charge is -2.00. The lowest BCUT2D eigenvalue weighted by atomic mass is 10.2. The molecule has 0 saturated heterocycles. The zero-order valence-electron chi connectivity index (χ0n) is 7.94. The molecule has 0 saturated carbocycles. The summed E-state index contributed by atoms with van der Waals surface area (Å²) in [5, 5.41) is 0. The van der Waals surface area contributed by atoms with Gasteiger partial charge in [-0.25, -0.2) is 0 Å². The maximum atomic E-state index is 5.86. The van der Waals surface area contributed by atoms with E-state index in [9.17, 15) is 0 Å². The van der Waals surface area contributed by atoms with E-state index in [4.69, 9.17) is 17.3 Å². The van der Waals surface area contributed by atoms with Crippen molar-refractivity contribution in [3.05, 3.63) is 46.3 Å². The average Bonchev–Trinajstić information content (AvgIpc) is 2.65. The Morgan fingerprint density at radius 3 is 2.40 bits per heavy atom. The Balaban J connectivity index is 2.11. The summed E-state index contributed by atoms with van der Waals surface area (Å²) in [6.07, 6.45) is 0. The minimum absolute atomic E-state index is 0.593. The summed E-state index contributed by atoms with van der Waals surface area (Å²) in [6.45, 7) is 0.593. The van der Waals surface area contributed by atoms with E-state index in [2.05, 4.69) is 24.3 Å². The van der Waals surface area contributed by atoms with Gasteiger partial charge in [0.25, 0.3) is 0 Å². The summed E-state index contributed by atoms with van der Waals surface area (Å²) < 4.78 is 2.04. The fourth-order valence-electron chi connectivity index (χ4n) is 1.16. The summed E-state index contributed by atoms with van der Waals surface area (Å²) in [4.78, 5) is 1.21. The molecule has 0 fully saturated rings. The monoisotopic (exact) mass is 255 g/mol. The molecule has 2 rings (SSSR count). The highest BCUT2D eigenvalue weighted by molar-refractivity contribution is 8.01. The van der Waals surface area contributed by atoms with E-state index in [0.29, 0.717) is 6.54 Å². The van der Waals surface area contributed by atoms with E-state index in [-0.39, 0.29) is 0 Å². The molecule has 0 bridgehead atoms. The van der Waals surface area contributed by atoms with Gasteiger partial charge in [0, 0.05) is 11.4 Å². The van der Waals surface area contributed by atoms with E-state index in [1.165, 1.54) is 9.10 Å². The van der Waals surface area contributed by atoms with Gasteiger partial charge in [0.05, 0.1) is 8.55 Å². The van der Waals surface area contributed by atoms with Crippen LogP contribution in [0.4, 0.5) is 0 Å². The predicted molar refractivity (Wildman–Crippen MR) is 67.8 cm³/mol. The van der Waals surface area contributed by atoms with E-state index >= 15 is 0 Å². The second-order valence-corrected chi connectivity index (χ2v) is 6.10. The Morgan fingerprint density at radius 2 is 1.87 bits per heavy atom. The molecule has 15 heavy (non-hydrogen) atoms. The van der Waals surface area contributed by atoms with E-state index in [1.54, 1.807) is 23.1 Å². The average molecular weight is 256 g/mol. The summed E-state index contributed by atoms with van der Waals surface area (Å²) >= 11 is 9.18. The number of rotatable bonds is 3. The minimum Gasteiger partial charge on any atom is -0.326 e. The van der Waals surface area contributed by atoms with Crippen LogP contribution in [-0.2, 0) is 6.54 Å². The highest BCUT2D eigenvalue weighted by atomic mass is 35.5. The van der Waals surface area contributed by atoms with Crippen molar-refractivity contribution in [1.29, 1.82) is 0 Å². The third-order valence-corrected chi connectivity index (χ3v) is 4.30. The number of nitrogens with two attached hydrogens (primary N) is 1. The lowest BCUT2D eigenvalue weighted by Crippen LogP contribution is -1.94. The van der Waals surface area contributed by atoms with E-state index in [1.807, 2.05) is 12.1 Å². The molecule has 4 heteroatoms. The third kappa shape index (κ3) is 2.98. The highest BCUT2D eigenvalue weighted by Crippen LogP contribution is 2.35. The fourth-order valence-corrected chi connectivity index (χ4v) is 3.44. The molecule has 1 aromatic heterocycles. The topological polar surface area (TPSA) is 26.0 Å². The van der Waals surface area contributed by atoms with Crippen LogP contribution in [0.5, 0.6) is 0 Å². The normalized spacial score (nSPS) is 10.5. The van der Waals surface area contributed by atoms with Crippen molar-refractivity contribution >= 4 is 34.7 Å². The van der Waals surface area contributed by atoms with Gasteiger partial charge in [0.15, 0.2) is 0 Å². The molecule has 1 aromatic carbocycles. The number of halogens is 1. The Morgan fingerprint density at radius 1 is 1.13 bits per heavy atom. The van der Waals surface area contributed by atoms with Crippen LogP contribution in [0.1, 0.15) is 5.56 Å². The van der Waals surface area contributed by atoms with Gasteiger partial charge < -0.3 is 5.73 Å². The Hall–Kier alpha value is -0.480. The molecule has 0 aliphatic carbocycles. The van der Waals surface area contributed by atoms with Crippen molar-refractivity contribution in [3.8, 4) is 0 Å². The van der Waals surface area contributed by atoms with Gasteiger partial charge >= 0.3 is 0 Å². The van der Waals surface area contributed by atoms with Gasteiger partial charge in [0.2, 0.25) is 0 Å². The molecule has 0 aliphatic rings. The highest BCUT2D eigenvalue weighted by Gasteiger charge is 2.00. The zero-order chi connectivity index (χ0) is 10.7. The number of hydrogen-bond donors (Lipinski definition) is 1. The van der Waals surface area contributed by atoms with Crippen LogP contribution in [0.3, 0.4) is 0 Å². The molecular formula is C11H10ClNS2. The van der Waals surface area contributed by atoms with Crippen LogP contribution in [0.2, 0.25) is 4.34 Å². The number of thiophene rings is 1. The molecule has 0 spiro atoms. The Kier molecular flexibility index (Phi) is 3.70. The Bertz CT molecular complexity index is 436. The molecule has 2 aromatic rings. The molecule has 0 radical (unpaired) electrons. The number of benzene rings is 1. The minimum atomic E-state index is 0.593. The number of hydrogen-bond acceptors (Lipinski definition) is 3. The van der Waals surface area contributed by atoms with Crippen LogP contribution in [0.15, 0.2) is 45.5 Å². The summed E-state index contributed by atoms with van der Waals surface area (Å²) in [7, 11) is 0. The molecule has 0 unspecified atom stereocenters. The van der Waals surface area contributed by atoms with Gasteiger partial charge in [-0.05, 0) is 29.8 Å². The second kappa shape index (κ2) is 5.03. The van der Waals surface area contributed by atoms with Crippen LogP contribution >= 0.6 is 34.7 Å². The van der Waals surface area contributed by atoms with Crippen LogP contribution in [0.25, 0.3) is 0 Å². The van der Waals surface area contributed by atoms with E-state index < -0.39 is 0 Å². The van der Waals surface area contributed by atoms with Gasteiger partial charge in [-0.1, -0.05) is 35.5 Å². The second-order valence-electron chi connectivity index (χ2n) is 3.01. The SMILES string of the molecule is NCc1ccc(Sc2ccc(Cl)s2)cc1. The Labute approximate surface area is 102 Å². The van der Waals surface area contributed by atoms with Crippen LogP contribution in [-0.4, -0.2) is 0 Å². The maximum Gasteiger partial charge on any atom is 0.0940 e. The van der Waals surface area contributed by atoms with Gasteiger partial charge in [0.1, 0.15) is 0 Å². The van der Waals surface area contributed by atoms with Gasteiger partial charge in [-0.2, -0.15) is 0 Å². The third-order valence-electron chi connectivity index (χ3n) is 1.93. The standard InChI is InChI=1S/C11H10ClNS2/c12-10-5-6-11(15-10)14-9-3-1-8(7-13)2-4-9/h1-6H,7,13H2. The first-order valence-electron chi connectivity index (χ1n) is 4.50. The predicted octanol–water partition coefficient (Wildman–Crippen LogP) is 4.01. The molecule has 1 nitrogen and oxygen atoms in total. The first-order valence-corrected chi connectivity index (χ1v) is 6.51. The quantitative estimate of drug-likeness (QED) is 0.897. The molecule has 0 aliphatic heterocycles. The maximum absolute atomic E-state index is 5.86. The molecule has 2 N–H and O–H groups in total. The van der Waals surface area contributed by atoms with Crippen molar-refractivity contribution in [2.45, 2.75) is 15.6 Å². The molecule has 1 heterocycles. The van der Waals surface area contributed by atoms with E-state index in [0.717, 1.165) is 9.90 Å². The first kappa shape index (κ1) is 11.0. The summed E-state index contributed by atoms with van der Waals surface area (Å²) in [6, 6.07) is 12.2.